The maximum Gasteiger partial charge on any atom is 0.416 e. The summed E-state index contributed by atoms with van der Waals surface area (Å²) < 4.78 is 42.3. The number of aromatic nitrogens is 2. The lowest BCUT2D eigenvalue weighted by atomic mass is 9.96. The molecule has 0 spiro atoms. The number of benzene rings is 2. The van der Waals surface area contributed by atoms with Gasteiger partial charge in [-0.1, -0.05) is 18.2 Å². The van der Waals surface area contributed by atoms with Crippen molar-refractivity contribution in [3.8, 4) is 5.69 Å². The van der Waals surface area contributed by atoms with Crippen LogP contribution in [0.15, 0.2) is 72.9 Å². The predicted octanol–water partition coefficient (Wildman–Crippen LogP) is 7.30. The zero-order chi connectivity index (χ0) is 26.5. The molecule has 2 aromatic heterocycles. The quantitative estimate of drug-likeness (QED) is 0.286. The number of rotatable bonds is 4. The standard InChI is InChI=1S/C29H27F3N4S/c1-17-12-18(2)14-23(13-17)36-27(26(34-28(36)37)25-10-5-6-11-33-25)24-15-19(3)35(20(24)4)22-9-7-8-21(16-22)29(30,31)32/h5-16,26-27H,1-4H3,(H,34,37)/t26-,27-/m1/s1. The molecule has 0 unspecified atom stereocenters. The Bertz CT molecular complexity index is 1460. The highest BCUT2D eigenvalue weighted by Crippen LogP contribution is 2.44. The Morgan fingerprint density at radius 3 is 2.24 bits per heavy atom. The van der Waals surface area contributed by atoms with Gasteiger partial charge in [-0.15, -0.1) is 0 Å². The number of hydrogen-bond donors (Lipinski definition) is 1. The van der Waals surface area contributed by atoms with Gasteiger partial charge in [0.15, 0.2) is 5.11 Å². The lowest BCUT2D eigenvalue weighted by Gasteiger charge is -2.29. The number of hydrogen-bond acceptors (Lipinski definition) is 2. The minimum Gasteiger partial charge on any atom is -0.351 e. The highest BCUT2D eigenvalue weighted by molar-refractivity contribution is 7.80. The number of halogens is 3. The van der Waals surface area contributed by atoms with E-state index in [4.69, 9.17) is 12.2 Å². The van der Waals surface area contributed by atoms with Gasteiger partial charge in [0.05, 0.1) is 23.3 Å². The largest absolute Gasteiger partial charge is 0.416 e. The van der Waals surface area contributed by atoms with Crippen molar-refractivity contribution in [3.05, 3.63) is 112 Å². The second-order valence-electron chi connectivity index (χ2n) is 9.55. The zero-order valence-electron chi connectivity index (χ0n) is 21.0. The van der Waals surface area contributed by atoms with E-state index < -0.39 is 11.7 Å². The van der Waals surface area contributed by atoms with Gasteiger partial charge in [0.2, 0.25) is 0 Å². The molecule has 1 aliphatic rings. The summed E-state index contributed by atoms with van der Waals surface area (Å²) in [5, 5.41) is 4.05. The molecular weight excluding hydrogens is 493 g/mol. The average Bonchev–Trinajstić information content (AvgIpc) is 3.33. The van der Waals surface area contributed by atoms with Crippen molar-refractivity contribution in [3.63, 3.8) is 0 Å². The highest BCUT2D eigenvalue weighted by atomic mass is 32.1. The average molecular weight is 521 g/mol. The van der Waals surface area contributed by atoms with E-state index in [2.05, 4.69) is 33.4 Å². The molecule has 2 aromatic carbocycles. The number of nitrogens with one attached hydrogen (secondary N) is 1. The van der Waals surface area contributed by atoms with Crippen LogP contribution in [0.25, 0.3) is 5.69 Å². The van der Waals surface area contributed by atoms with E-state index in [0.29, 0.717) is 10.8 Å². The van der Waals surface area contributed by atoms with Crippen LogP contribution in [-0.4, -0.2) is 14.7 Å². The van der Waals surface area contributed by atoms with Gasteiger partial charge in [0, 0.05) is 29.0 Å². The fourth-order valence-corrected chi connectivity index (χ4v) is 5.69. The molecule has 1 aliphatic heterocycles. The van der Waals surface area contributed by atoms with E-state index in [1.807, 2.05) is 56.5 Å². The van der Waals surface area contributed by atoms with Gasteiger partial charge in [0.1, 0.15) is 0 Å². The van der Waals surface area contributed by atoms with Crippen LogP contribution in [0, 0.1) is 27.7 Å². The maximum atomic E-state index is 13.5. The van der Waals surface area contributed by atoms with Crippen LogP contribution in [0.4, 0.5) is 18.9 Å². The van der Waals surface area contributed by atoms with Crippen molar-refractivity contribution in [2.24, 2.45) is 0 Å². The van der Waals surface area contributed by atoms with Crippen LogP contribution in [-0.2, 0) is 6.18 Å². The van der Waals surface area contributed by atoms with Gasteiger partial charge in [-0.25, -0.2) is 0 Å². The normalized spacial score (nSPS) is 17.8. The van der Waals surface area contributed by atoms with Crippen LogP contribution < -0.4 is 10.2 Å². The Morgan fingerprint density at radius 1 is 0.865 bits per heavy atom. The Morgan fingerprint density at radius 2 is 1.59 bits per heavy atom. The van der Waals surface area contributed by atoms with Crippen molar-refractivity contribution in [2.45, 2.75) is 46.0 Å². The topological polar surface area (TPSA) is 33.1 Å². The number of aryl methyl sites for hydroxylation is 3. The Balaban J connectivity index is 1.69. The molecule has 0 saturated carbocycles. The van der Waals surface area contributed by atoms with Gasteiger partial charge >= 0.3 is 6.18 Å². The summed E-state index contributed by atoms with van der Waals surface area (Å²) >= 11 is 5.85. The lowest BCUT2D eigenvalue weighted by molar-refractivity contribution is -0.137. The number of thiocarbonyl (C=S) groups is 1. The second-order valence-corrected chi connectivity index (χ2v) is 9.94. The first-order valence-corrected chi connectivity index (χ1v) is 12.4. The summed E-state index contributed by atoms with van der Waals surface area (Å²) in [7, 11) is 0. The number of anilines is 1. The molecule has 2 atom stereocenters. The Labute approximate surface area is 219 Å². The molecule has 0 aliphatic carbocycles. The van der Waals surface area contributed by atoms with E-state index >= 15 is 0 Å². The first-order valence-electron chi connectivity index (χ1n) is 12.0. The van der Waals surface area contributed by atoms with E-state index in [1.54, 1.807) is 12.3 Å². The van der Waals surface area contributed by atoms with Crippen LogP contribution in [0.1, 0.15) is 51.4 Å². The van der Waals surface area contributed by atoms with Gasteiger partial charge in [-0.2, -0.15) is 13.2 Å². The minimum absolute atomic E-state index is 0.245. The summed E-state index contributed by atoms with van der Waals surface area (Å²) in [6, 6.07) is 19.1. The Hall–Kier alpha value is -3.65. The Kier molecular flexibility index (Phi) is 6.31. The van der Waals surface area contributed by atoms with Gasteiger partial charge in [-0.05, 0) is 105 Å². The summed E-state index contributed by atoms with van der Waals surface area (Å²) in [5.41, 5.74) is 6.49. The third kappa shape index (κ3) is 4.62. The molecule has 0 amide bonds. The molecule has 1 fully saturated rings. The lowest BCUT2D eigenvalue weighted by Crippen LogP contribution is -2.29. The molecular formula is C29H27F3N4S. The van der Waals surface area contributed by atoms with Gasteiger partial charge < -0.3 is 14.8 Å². The maximum absolute atomic E-state index is 13.5. The zero-order valence-corrected chi connectivity index (χ0v) is 21.8. The SMILES string of the molecule is Cc1cc(C)cc(N2C(=S)N[C@H](c3ccccn3)[C@H]2c2cc(C)n(-c3cccc(C(F)(F)F)c3)c2C)c1. The fraction of sp³-hybridized carbons (Fsp3) is 0.241. The summed E-state index contributed by atoms with van der Waals surface area (Å²) in [6.45, 7) is 7.95. The van der Waals surface area contributed by atoms with Crippen molar-refractivity contribution in [1.82, 2.24) is 14.9 Å². The summed E-state index contributed by atoms with van der Waals surface area (Å²) in [4.78, 5) is 6.71. The van der Waals surface area contributed by atoms with Crippen molar-refractivity contribution >= 4 is 23.0 Å². The first kappa shape index (κ1) is 25.0. The molecule has 0 bridgehead atoms. The molecule has 0 radical (unpaired) electrons. The van der Waals surface area contributed by atoms with Crippen molar-refractivity contribution in [1.29, 1.82) is 0 Å². The third-order valence-corrected chi connectivity index (χ3v) is 7.12. The van der Waals surface area contributed by atoms with E-state index in [0.717, 1.165) is 45.5 Å². The van der Waals surface area contributed by atoms with Crippen molar-refractivity contribution in [2.75, 3.05) is 4.90 Å². The first-order chi connectivity index (χ1) is 17.5. The van der Waals surface area contributed by atoms with E-state index in [9.17, 15) is 13.2 Å². The number of nitrogens with zero attached hydrogens (tertiary/aromatic N) is 3. The smallest absolute Gasteiger partial charge is 0.351 e. The third-order valence-electron chi connectivity index (χ3n) is 6.80. The van der Waals surface area contributed by atoms with Gasteiger partial charge in [-0.3, -0.25) is 4.98 Å². The minimum atomic E-state index is -4.42. The molecule has 1 saturated heterocycles. The molecule has 37 heavy (non-hydrogen) atoms. The fourth-order valence-electron chi connectivity index (χ4n) is 5.34. The number of pyridine rings is 1. The second kappa shape index (κ2) is 9.34. The van der Waals surface area contributed by atoms with Gasteiger partial charge in [0.25, 0.3) is 0 Å². The van der Waals surface area contributed by atoms with Crippen LogP contribution >= 0.6 is 12.2 Å². The van der Waals surface area contributed by atoms with Crippen molar-refractivity contribution < 1.29 is 13.2 Å². The number of alkyl halides is 3. The molecule has 4 nitrogen and oxygen atoms in total. The summed E-state index contributed by atoms with van der Waals surface area (Å²) in [5.74, 6) is 0. The van der Waals surface area contributed by atoms with Crippen LogP contribution in [0.5, 0.6) is 0 Å². The molecule has 190 valence electrons. The summed E-state index contributed by atoms with van der Waals surface area (Å²) in [6.07, 6.45) is -2.66. The molecule has 1 N–H and O–H groups in total. The van der Waals surface area contributed by atoms with Crippen LogP contribution in [0.2, 0.25) is 0 Å². The predicted molar refractivity (Wildman–Crippen MR) is 144 cm³/mol. The van der Waals surface area contributed by atoms with Crippen LogP contribution in [0.3, 0.4) is 0 Å². The molecule has 5 rings (SSSR count). The van der Waals surface area contributed by atoms with E-state index in [-0.39, 0.29) is 12.1 Å². The molecule has 3 heterocycles. The molecule has 4 aromatic rings. The highest BCUT2D eigenvalue weighted by Gasteiger charge is 2.42. The van der Waals surface area contributed by atoms with E-state index in [1.165, 1.54) is 12.1 Å². The monoisotopic (exact) mass is 520 g/mol. The molecule has 8 heteroatoms.